The lowest BCUT2D eigenvalue weighted by atomic mass is 10.1. The van der Waals surface area contributed by atoms with Crippen LogP contribution >= 0.6 is 0 Å². The van der Waals surface area contributed by atoms with E-state index in [9.17, 15) is 5.11 Å². The van der Waals surface area contributed by atoms with Gasteiger partial charge in [-0.25, -0.2) is 0 Å². The van der Waals surface area contributed by atoms with E-state index in [-0.39, 0.29) is 6.10 Å². The van der Waals surface area contributed by atoms with Gasteiger partial charge in [-0.2, -0.15) is 5.10 Å². The maximum atomic E-state index is 10.5. The molecule has 5 heteroatoms. The van der Waals surface area contributed by atoms with Gasteiger partial charge < -0.3 is 14.6 Å². The number of hydrogen-bond acceptors (Lipinski definition) is 4. The van der Waals surface area contributed by atoms with E-state index in [0.717, 1.165) is 11.3 Å². The van der Waals surface area contributed by atoms with Crippen LogP contribution in [-0.4, -0.2) is 28.1 Å². The second-order valence-corrected chi connectivity index (χ2v) is 4.86. The van der Waals surface area contributed by atoms with E-state index in [2.05, 4.69) is 5.10 Å². The Morgan fingerprint density at radius 2 is 1.85 bits per heavy atom. The Labute approximate surface area is 118 Å². The lowest BCUT2D eigenvalue weighted by molar-refractivity contribution is 0.204. The quantitative estimate of drug-likeness (QED) is 0.910. The summed E-state index contributed by atoms with van der Waals surface area (Å²) in [6, 6.07) is 7.38. The standard InChI is InChI=1S/C15H20N2O3/c1-10(2)20-12-7-5-11(6-8-12)15(18)14-13(19-4)9-16-17(14)3/h5-10,15,18H,1-4H3. The van der Waals surface area contributed by atoms with E-state index in [1.54, 1.807) is 25.0 Å². The fraction of sp³-hybridized carbons (Fsp3) is 0.400. The van der Waals surface area contributed by atoms with E-state index in [0.29, 0.717) is 11.4 Å². The summed E-state index contributed by atoms with van der Waals surface area (Å²) >= 11 is 0. The molecule has 1 aromatic heterocycles. The summed E-state index contributed by atoms with van der Waals surface area (Å²) in [4.78, 5) is 0. The van der Waals surface area contributed by atoms with Crippen molar-refractivity contribution in [1.82, 2.24) is 9.78 Å². The predicted molar refractivity (Wildman–Crippen MR) is 76.0 cm³/mol. The number of methoxy groups -OCH3 is 1. The molecule has 1 atom stereocenters. The molecule has 0 saturated heterocycles. The van der Waals surface area contributed by atoms with Gasteiger partial charge >= 0.3 is 0 Å². The summed E-state index contributed by atoms with van der Waals surface area (Å²) in [5, 5.41) is 14.6. The van der Waals surface area contributed by atoms with Gasteiger partial charge in [0.15, 0.2) is 5.75 Å². The molecule has 2 rings (SSSR count). The molecule has 0 amide bonds. The second kappa shape index (κ2) is 5.96. The Balaban J connectivity index is 2.24. The first-order chi connectivity index (χ1) is 9.52. The summed E-state index contributed by atoms with van der Waals surface area (Å²) in [5.41, 5.74) is 1.40. The Morgan fingerprint density at radius 1 is 1.20 bits per heavy atom. The zero-order valence-corrected chi connectivity index (χ0v) is 12.2. The van der Waals surface area contributed by atoms with Gasteiger partial charge in [0.1, 0.15) is 17.5 Å². The number of nitrogens with zero attached hydrogens (tertiary/aromatic N) is 2. The molecule has 5 nitrogen and oxygen atoms in total. The first-order valence-corrected chi connectivity index (χ1v) is 6.53. The predicted octanol–water partition coefficient (Wildman–Crippen LogP) is 2.30. The topological polar surface area (TPSA) is 56.5 Å². The van der Waals surface area contributed by atoms with E-state index >= 15 is 0 Å². The average Bonchev–Trinajstić information content (AvgIpc) is 2.79. The summed E-state index contributed by atoms with van der Waals surface area (Å²) in [7, 11) is 3.34. The SMILES string of the molecule is COc1cnn(C)c1C(O)c1ccc(OC(C)C)cc1. The fourth-order valence-electron chi connectivity index (χ4n) is 2.05. The van der Waals surface area contributed by atoms with Gasteiger partial charge in [0.2, 0.25) is 0 Å². The van der Waals surface area contributed by atoms with Crippen LogP contribution in [0, 0.1) is 0 Å². The highest BCUT2D eigenvalue weighted by Crippen LogP contribution is 2.30. The molecule has 1 aromatic carbocycles. The minimum atomic E-state index is -0.787. The van der Waals surface area contributed by atoms with Crippen LogP contribution in [0.1, 0.15) is 31.2 Å². The largest absolute Gasteiger partial charge is 0.493 e. The second-order valence-electron chi connectivity index (χ2n) is 4.86. The molecule has 0 saturated carbocycles. The Morgan fingerprint density at radius 3 is 2.40 bits per heavy atom. The van der Waals surface area contributed by atoms with Gasteiger partial charge in [-0.3, -0.25) is 4.68 Å². The van der Waals surface area contributed by atoms with Crippen molar-refractivity contribution in [3.05, 3.63) is 41.7 Å². The first kappa shape index (κ1) is 14.4. The van der Waals surface area contributed by atoms with Crippen molar-refractivity contribution in [3.63, 3.8) is 0 Å². The summed E-state index contributed by atoms with van der Waals surface area (Å²) in [6.45, 7) is 3.95. The fourth-order valence-corrected chi connectivity index (χ4v) is 2.05. The Kier molecular flexibility index (Phi) is 4.29. The molecule has 0 aliphatic carbocycles. The van der Waals surface area contributed by atoms with Crippen LogP contribution in [-0.2, 0) is 7.05 Å². The number of hydrogen-bond donors (Lipinski definition) is 1. The van der Waals surface area contributed by atoms with Crippen LogP contribution in [0.25, 0.3) is 0 Å². The maximum absolute atomic E-state index is 10.5. The van der Waals surface area contributed by atoms with Crippen LogP contribution in [0.4, 0.5) is 0 Å². The van der Waals surface area contributed by atoms with Gasteiger partial charge in [0.05, 0.1) is 19.4 Å². The number of aromatic nitrogens is 2. The molecule has 108 valence electrons. The Bertz CT molecular complexity index is 561. The van der Waals surface area contributed by atoms with Crippen molar-refractivity contribution in [2.24, 2.45) is 7.05 Å². The molecule has 1 heterocycles. The third-order valence-corrected chi connectivity index (χ3v) is 3.00. The highest BCUT2D eigenvalue weighted by molar-refractivity contribution is 5.37. The normalized spacial score (nSPS) is 12.5. The number of aryl methyl sites for hydroxylation is 1. The Hall–Kier alpha value is -2.01. The minimum absolute atomic E-state index is 0.128. The molecule has 0 fully saturated rings. The summed E-state index contributed by atoms with van der Waals surface area (Å²) in [5.74, 6) is 1.36. The van der Waals surface area contributed by atoms with Gasteiger partial charge in [0.25, 0.3) is 0 Å². The number of ether oxygens (including phenoxy) is 2. The highest BCUT2D eigenvalue weighted by Gasteiger charge is 2.20. The molecule has 1 unspecified atom stereocenters. The third kappa shape index (κ3) is 2.93. The first-order valence-electron chi connectivity index (χ1n) is 6.53. The van der Waals surface area contributed by atoms with Gasteiger partial charge in [0, 0.05) is 7.05 Å². The third-order valence-electron chi connectivity index (χ3n) is 3.00. The van der Waals surface area contributed by atoms with Crippen LogP contribution in [0.5, 0.6) is 11.5 Å². The molecule has 0 aliphatic heterocycles. The zero-order valence-electron chi connectivity index (χ0n) is 12.2. The number of benzene rings is 1. The lowest BCUT2D eigenvalue weighted by Crippen LogP contribution is -2.09. The molecule has 0 bridgehead atoms. The van der Waals surface area contributed by atoms with E-state index < -0.39 is 6.10 Å². The van der Waals surface area contributed by atoms with E-state index in [1.165, 1.54) is 0 Å². The summed E-state index contributed by atoms with van der Waals surface area (Å²) in [6.07, 6.45) is 0.933. The lowest BCUT2D eigenvalue weighted by Gasteiger charge is -2.15. The van der Waals surface area contributed by atoms with Crippen molar-refractivity contribution >= 4 is 0 Å². The van der Waals surface area contributed by atoms with E-state index in [1.807, 2.05) is 38.1 Å². The van der Waals surface area contributed by atoms with Crippen LogP contribution in [0.3, 0.4) is 0 Å². The molecule has 0 aliphatic rings. The van der Waals surface area contributed by atoms with Crippen molar-refractivity contribution < 1.29 is 14.6 Å². The van der Waals surface area contributed by atoms with Crippen LogP contribution in [0.2, 0.25) is 0 Å². The molecule has 2 aromatic rings. The highest BCUT2D eigenvalue weighted by atomic mass is 16.5. The zero-order chi connectivity index (χ0) is 14.7. The number of aliphatic hydroxyl groups excluding tert-OH is 1. The molecule has 0 spiro atoms. The molecular weight excluding hydrogens is 256 g/mol. The minimum Gasteiger partial charge on any atom is -0.493 e. The molecule has 1 N–H and O–H groups in total. The van der Waals surface area contributed by atoms with Crippen molar-refractivity contribution in [1.29, 1.82) is 0 Å². The smallest absolute Gasteiger partial charge is 0.162 e. The average molecular weight is 276 g/mol. The maximum Gasteiger partial charge on any atom is 0.162 e. The van der Waals surface area contributed by atoms with E-state index in [4.69, 9.17) is 9.47 Å². The van der Waals surface area contributed by atoms with Gasteiger partial charge in [-0.05, 0) is 31.5 Å². The van der Waals surface area contributed by atoms with Gasteiger partial charge in [-0.15, -0.1) is 0 Å². The van der Waals surface area contributed by atoms with Crippen molar-refractivity contribution in [3.8, 4) is 11.5 Å². The molecular formula is C15H20N2O3. The van der Waals surface area contributed by atoms with Crippen LogP contribution in [0.15, 0.2) is 30.5 Å². The molecule has 20 heavy (non-hydrogen) atoms. The summed E-state index contributed by atoms with van der Waals surface area (Å²) < 4.78 is 12.4. The molecule has 0 radical (unpaired) electrons. The van der Waals surface area contributed by atoms with Crippen molar-refractivity contribution in [2.75, 3.05) is 7.11 Å². The van der Waals surface area contributed by atoms with Crippen molar-refractivity contribution in [2.45, 2.75) is 26.1 Å². The van der Waals surface area contributed by atoms with Crippen LogP contribution < -0.4 is 9.47 Å². The van der Waals surface area contributed by atoms with Gasteiger partial charge in [-0.1, -0.05) is 12.1 Å². The number of aliphatic hydroxyl groups is 1. The number of rotatable bonds is 5. The monoisotopic (exact) mass is 276 g/mol.